The highest BCUT2D eigenvalue weighted by Gasteiger charge is 2.48. The molecule has 2 nitrogen and oxygen atoms in total. The van der Waals surface area contributed by atoms with E-state index in [1.807, 2.05) is 0 Å². The maximum absolute atomic E-state index is 11.6. The second-order valence-electron chi connectivity index (χ2n) is 5.73. The lowest BCUT2D eigenvalue weighted by Gasteiger charge is -2.34. The Hall–Kier alpha value is -0.530. The van der Waals surface area contributed by atoms with Crippen LogP contribution >= 0.6 is 0 Å². The fourth-order valence-electron chi connectivity index (χ4n) is 2.57. The molecule has 1 heterocycles. The zero-order valence-corrected chi connectivity index (χ0v) is 8.76. The van der Waals surface area contributed by atoms with Gasteiger partial charge in [-0.2, -0.15) is 0 Å². The van der Waals surface area contributed by atoms with Gasteiger partial charge in [-0.05, 0) is 30.6 Å². The molecule has 3 unspecified atom stereocenters. The van der Waals surface area contributed by atoms with Crippen LogP contribution in [0.2, 0.25) is 0 Å². The van der Waals surface area contributed by atoms with Crippen molar-refractivity contribution in [1.29, 1.82) is 0 Å². The molecule has 2 aliphatic rings. The van der Waals surface area contributed by atoms with Gasteiger partial charge in [0.2, 0.25) is 5.91 Å². The molecule has 0 aromatic heterocycles. The second kappa shape index (κ2) is 2.73. The number of rotatable bonds is 1. The van der Waals surface area contributed by atoms with Gasteiger partial charge in [0.1, 0.15) is 0 Å². The Morgan fingerprint density at radius 3 is 2.46 bits per heavy atom. The Morgan fingerprint density at radius 2 is 2.08 bits per heavy atom. The third-order valence-electron chi connectivity index (χ3n) is 3.34. The molecule has 0 radical (unpaired) electrons. The van der Waals surface area contributed by atoms with Crippen LogP contribution in [-0.4, -0.2) is 11.9 Å². The molecule has 2 heteroatoms. The summed E-state index contributed by atoms with van der Waals surface area (Å²) < 4.78 is 0. The monoisotopic (exact) mass is 181 g/mol. The predicted molar refractivity (Wildman–Crippen MR) is 52.2 cm³/mol. The fourth-order valence-corrected chi connectivity index (χ4v) is 2.57. The predicted octanol–water partition coefficient (Wildman–Crippen LogP) is 1.95. The summed E-state index contributed by atoms with van der Waals surface area (Å²) in [5, 5.41) is 3.09. The van der Waals surface area contributed by atoms with Gasteiger partial charge in [-0.25, -0.2) is 0 Å². The molecular weight excluding hydrogens is 162 g/mol. The van der Waals surface area contributed by atoms with Crippen molar-refractivity contribution in [3.8, 4) is 0 Å². The molecule has 2 fully saturated rings. The third-order valence-corrected chi connectivity index (χ3v) is 3.34. The lowest BCUT2D eigenvalue weighted by molar-refractivity contribution is -0.123. The average molecular weight is 181 g/mol. The minimum absolute atomic E-state index is 0.284. The summed E-state index contributed by atoms with van der Waals surface area (Å²) in [6.45, 7) is 6.64. The summed E-state index contributed by atoms with van der Waals surface area (Å²) in [4.78, 5) is 11.6. The number of carbonyl (C=O) groups is 1. The number of fused-ring (bicyclic) bond motifs is 1. The highest BCUT2D eigenvalue weighted by Crippen LogP contribution is 2.43. The summed E-state index contributed by atoms with van der Waals surface area (Å²) in [6.07, 6.45) is 3.50. The molecule has 1 saturated heterocycles. The van der Waals surface area contributed by atoms with Crippen molar-refractivity contribution in [2.45, 2.75) is 46.1 Å². The van der Waals surface area contributed by atoms with Crippen LogP contribution in [0.4, 0.5) is 0 Å². The zero-order valence-electron chi connectivity index (χ0n) is 8.76. The Kier molecular flexibility index (Phi) is 1.90. The number of hydrogen-bond acceptors (Lipinski definition) is 1. The first-order valence-corrected chi connectivity index (χ1v) is 5.28. The van der Waals surface area contributed by atoms with Crippen LogP contribution in [0.5, 0.6) is 0 Å². The number of carbonyl (C=O) groups excluding carboxylic acids is 1. The molecule has 0 bridgehead atoms. The molecule has 0 aromatic carbocycles. The largest absolute Gasteiger partial charge is 0.353 e. The maximum atomic E-state index is 11.6. The maximum Gasteiger partial charge on any atom is 0.223 e. The lowest BCUT2D eigenvalue weighted by atomic mass is 9.70. The van der Waals surface area contributed by atoms with E-state index in [9.17, 15) is 4.79 Å². The van der Waals surface area contributed by atoms with E-state index in [2.05, 4.69) is 26.1 Å². The summed E-state index contributed by atoms with van der Waals surface area (Å²) in [5.74, 6) is 1.27. The summed E-state index contributed by atoms with van der Waals surface area (Å²) in [7, 11) is 0. The highest BCUT2D eigenvalue weighted by atomic mass is 16.2. The van der Waals surface area contributed by atoms with Crippen LogP contribution < -0.4 is 5.32 Å². The third kappa shape index (κ3) is 1.59. The smallest absolute Gasteiger partial charge is 0.223 e. The topological polar surface area (TPSA) is 29.1 Å². The van der Waals surface area contributed by atoms with Gasteiger partial charge >= 0.3 is 0 Å². The van der Waals surface area contributed by atoms with E-state index >= 15 is 0 Å². The van der Waals surface area contributed by atoms with Gasteiger partial charge in [0.05, 0.1) is 0 Å². The Bertz CT molecular complexity index is 229. The van der Waals surface area contributed by atoms with Crippen molar-refractivity contribution >= 4 is 5.91 Å². The van der Waals surface area contributed by atoms with Crippen molar-refractivity contribution in [2.24, 2.45) is 17.3 Å². The molecule has 1 aliphatic carbocycles. The van der Waals surface area contributed by atoms with Gasteiger partial charge in [0.25, 0.3) is 0 Å². The van der Waals surface area contributed by atoms with Gasteiger partial charge in [-0.1, -0.05) is 20.8 Å². The fraction of sp³-hybridized carbons (Fsp3) is 0.909. The normalized spacial score (nSPS) is 38.1. The quantitative estimate of drug-likeness (QED) is 0.658. The van der Waals surface area contributed by atoms with Crippen molar-refractivity contribution in [1.82, 2.24) is 5.32 Å². The summed E-state index contributed by atoms with van der Waals surface area (Å²) in [5.41, 5.74) is 0.284. The van der Waals surface area contributed by atoms with Crippen molar-refractivity contribution in [2.75, 3.05) is 0 Å². The Labute approximate surface area is 80.1 Å². The molecule has 74 valence electrons. The lowest BCUT2D eigenvalue weighted by Crippen LogP contribution is -2.37. The molecule has 13 heavy (non-hydrogen) atoms. The number of hydrogen-bond donors (Lipinski definition) is 1. The molecule has 1 N–H and O–H groups in total. The van der Waals surface area contributed by atoms with Crippen LogP contribution in [0.25, 0.3) is 0 Å². The molecule has 0 aromatic rings. The van der Waals surface area contributed by atoms with Crippen LogP contribution in [0.15, 0.2) is 0 Å². The van der Waals surface area contributed by atoms with Crippen LogP contribution in [-0.2, 0) is 4.79 Å². The van der Waals surface area contributed by atoms with Crippen molar-refractivity contribution in [3.05, 3.63) is 0 Å². The molecular formula is C11H19NO. The summed E-state index contributed by atoms with van der Waals surface area (Å²) in [6, 6.07) is 0.528. The highest BCUT2D eigenvalue weighted by molar-refractivity contribution is 5.82. The molecule has 1 aliphatic heterocycles. The minimum atomic E-state index is 0.284. The van der Waals surface area contributed by atoms with Gasteiger partial charge in [0.15, 0.2) is 0 Å². The van der Waals surface area contributed by atoms with Gasteiger partial charge < -0.3 is 5.32 Å². The number of nitrogens with one attached hydrogen (secondary N) is 1. The Morgan fingerprint density at radius 1 is 1.38 bits per heavy atom. The molecule has 2 rings (SSSR count). The second-order valence-corrected chi connectivity index (χ2v) is 5.73. The van der Waals surface area contributed by atoms with Crippen LogP contribution in [0.3, 0.4) is 0 Å². The van der Waals surface area contributed by atoms with Crippen LogP contribution in [0.1, 0.15) is 40.0 Å². The van der Waals surface area contributed by atoms with E-state index in [4.69, 9.17) is 0 Å². The molecule has 1 saturated carbocycles. The zero-order chi connectivity index (χ0) is 9.64. The van der Waals surface area contributed by atoms with Crippen LogP contribution in [0, 0.1) is 17.3 Å². The van der Waals surface area contributed by atoms with E-state index in [0.717, 1.165) is 6.42 Å². The van der Waals surface area contributed by atoms with E-state index in [1.165, 1.54) is 12.8 Å². The first-order valence-electron chi connectivity index (χ1n) is 5.28. The van der Waals surface area contributed by atoms with Crippen molar-refractivity contribution < 1.29 is 4.79 Å². The standard InChI is InChI=1S/C11H19NO/c1-11(2,3)6-8-7-4-5-9(7)12-10(8)13/h7-9H,4-6H2,1-3H3,(H,12,13). The van der Waals surface area contributed by atoms with E-state index in [1.54, 1.807) is 0 Å². The van der Waals surface area contributed by atoms with E-state index in [-0.39, 0.29) is 5.41 Å². The van der Waals surface area contributed by atoms with Gasteiger partial charge in [-0.3, -0.25) is 4.79 Å². The Balaban J connectivity index is 2.02. The van der Waals surface area contributed by atoms with E-state index in [0.29, 0.717) is 23.8 Å². The molecule has 1 amide bonds. The van der Waals surface area contributed by atoms with Crippen molar-refractivity contribution in [3.63, 3.8) is 0 Å². The van der Waals surface area contributed by atoms with E-state index < -0.39 is 0 Å². The SMILES string of the molecule is CC(C)(C)CC1C(=O)NC2CCC21. The summed E-state index contributed by atoms with van der Waals surface area (Å²) >= 11 is 0. The first kappa shape index (κ1) is 9.04. The van der Waals surface area contributed by atoms with Gasteiger partial charge in [0, 0.05) is 12.0 Å². The first-order chi connectivity index (χ1) is 5.97. The minimum Gasteiger partial charge on any atom is -0.353 e. The van der Waals surface area contributed by atoms with Gasteiger partial charge in [-0.15, -0.1) is 0 Å². The number of amides is 1. The molecule has 0 spiro atoms. The molecule has 3 atom stereocenters. The average Bonchev–Trinajstić information content (AvgIpc) is 2.09.